The van der Waals surface area contributed by atoms with Gasteiger partial charge in [-0.2, -0.15) is 0 Å². The number of ether oxygens (including phenoxy) is 1. The number of amidine groups is 1. The molecule has 2 heterocycles. The number of hydrogen-bond acceptors (Lipinski definition) is 5. The number of rotatable bonds is 8. The SMILES string of the molecule is COc1cc(/C=C/C2=NOC(C)(c3ccc(F)cc3)N2CC2(CCl)CC2)ccc1-n1cnc(C)c1. The lowest BCUT2D eigenvalue weighted by molar-refractivity contribution is -0.0948. The van der Waals surface area contributed by atoms with Gasteiger partial charge < -0.3 is 19.0 Å². The zero-order chi connectivity index (χ0) is 24.6. The van der Waals surface area contributed by atoms with Crippen molar-refractivity contribution in [3.05, 3.63) is 83.7 Å². The monoisotopic (exact) mass is 494 g/mol. The lowest BCUT2D eigenvalue weighted by atomic mass is 9.99. The van der Waals surface area contributed by atoms with Crippen molar-refractivity contribution >= 4 is 23.5 Å². The first-order valence-electron chi connectivity index (χ1n) is 11.6. The zero-order valence-corrected chi connectivity index (χ0v) is 20.8. The van der Waals surface area contributed by atoms with E-state index in [1.165, 1.54) is 12.1 Å². The summed E-state index contributed by atoms with van der Waals surface area (Å²) in [6.07, 6.45) is 9.78. The number of halogens is 2. The molecule has 5 rings (SSSR count). The summed E-state index contributed by atoms with van der Waals surface area (Å²) in [7, 11) is 1.65. The van der Waals surface area contributed by atoms with Gasteiger partial charge in [0.15, 0.2) is 5.84 Å². The third kappa shape index (κ3) is 4.52. The molecule has 1 aliphatic carbocycles. The van der Waals surface area contributed by atoms with Gasteiger partial charge in [-0.05, 0) is 55.7 Å². The molecule has 1 aromatic heterocycles. The third-order valence-corrected chi connectivity index (χ3v) is 7.41. The van der Waals surface area contributed by atoms with E-state index < -0.39 is 5.72 Å². The van der Waals surface area contributed by atoms with Gasteiger partial charge in [-0.15, -0.1) is 11.6 Å². The molecule has 1 atom stereocenters. The molecule has 3 aromatic rings. The number of nitrogens with zero attached hydrogens (tertiary/aromatic N) is 4. The number of oxime groups is 1. The molecule has 1 aliphatic heterocycles. The zero-order valence-electron chi connectivity index (χ0n) is 20.0. The summed E-state index contributed by atoms with van der Waals surface area (Å²) in [5.41, 5.74) is 2.83. The van der Waals surface area contributed by atoms with Crippen molar-refractivity contribution in [2.75, 3.05) is 19.5 Å². The highest BCUT2D eigenvalue weighted by Crippen LogP contribution is 2.50. The van der Waals surface area contributed by atoms with Gasteiger partial charge in [0.05, 0.1) is 24.8 Å². The van der Waals surface area contributed by atoms with E-state index in [1.807, 2.05) is 55.0 Å². The minimum atomic E-state index is -0.851. The predicted octanol–water partition coefficient (Wildman–Crippen LogP) is 5.88. The number of aryl methyl sites for hydroxylation is 1. The van der Waals surface area contributed by atoms with E-state index in [-0.39, 0.29) is 11.2 Å². The lowest BCUT2D eigenvalue weighted by Crippen LogP contribution is -2.46. The number of alkyl halides is 1. The quantitative estimate of drug-likeness (QED) is 0.367. The first kappa shape index (κ1) is 23.4. The van der Waals surface area contributed by atoms with Crippen molar-refractivity contribution in [3.63, 3.8) is 0 Å². The minimum Gasteiger partial charge on any atom is -0.495 e. The van der Waals surface area contributed by atoms with Gasteiger partial charge in [0.25, 0.3) is 0 Å². The molecule has 0 radical (unpaired) electrons. The summed E-state index contributed by atoms with van der Waals surface area (Å²) in [4.78, 5) is 12.4. The Balaban J connectivity index is 1.43. The Morgan fingerprint density at radius 1 is 1.17 bits per heavy atom. The largest absolute Gasteiger partial charge is 0.495 e. The fraction of sp³-hybridized carbons (Fsp3) is 0.333. The van der Waals surface area contributed by atoms with Crippen molar-refractivity contribution in [2.24, 2.45) is 10.6 Å². The fourth-order valence-corrected chi connectivity index (χ4v) is 4.71. The topological polar surface area (TPSA) is 51.9 Å². The summed E-state index contributed by atoms with van der Waals surface area (Å²) >= 11 is 6.32. The van der Waals surface area contributed by atoms with E-state index >= 15 is 0 Å². The molecule has 0 saturated heterocycles. The van der Waals surface area contributed by atoms with E-state index in [4.69, 9.17) is 21.2 Å². The summed E-state index contributed by atoms with van der Waals surface area (Å²) in [6.45, 7) is 4.61. The third-order valence-electron chi connectivity index (χ3n) is 6.84. The van der Waals surface area contributed by atoms with Gasteiger partial charge in [0, 0.05) is 36.5 Å². The molecule has 0 bridgehead atoms. The first-order valence-corrected chi connectivity index (χ1v) is 12.1. The molecular formula is C27H28ClFN4O2. The molecular weight excluding hydrogens is 467 g/mol. The van der Waals surface area contributed by atoms with Crippen LogP contribution in [0.1, 0.15) is 36.6 Å². The smallest absolute Gasteiger partial charge is 0.234 e. The van der Waals surface area contributed by atoms with Gasteiger partial charge in [-0.3, -0.25) is 0 Å². The first-order chi connectivity index (χ1) is 16.9. The number of hydrogen-bond donors (Lipinski definition) is 0. The summed E-state index contributed by atoms with van der Waals surface area (Å²) < 4.78 is 21.2. The van der Waals surface area contributed by atoms with E-state index in [9.17, 15) is 4.39 Å². The maximum atomic E-state index is 13.6. The highest BCUT2D eigenvalue weighted by atomic mass is 35.5. The Morgan fingerprint density at radius 3 is 2.57 bits per heavy atom. The highest BCUT2D eigenvalue weighted by molar-refractivity contribution is 6.18. The van der Waals surface area contributed by atoms with Crippen LogP contribution in [-0.2, 0) is 10.6 Å². The van der Waals surface area contributed by atoms with Crippen LogP contribution in [-0.4, -0.2) is 39.8 Å². The molecule has 0 N–H and O–H groups in total. The van der Waals surface area contributed by atoms with E-state index in [2.05, 4.69) is 15.0 Å². The Bertz CT molecular complexity index is 1280. The van der Waals surface area contributed by atoms with Crippen LogP contribution in [0.3, 0.4) is 0 Å². The number of imidazole rings is 1. The molecule has 1 unspecified atom stereocenters. The highest BCUT2D eigenvalue weighted by Gasteiger charge is 2.51. The van der Waals surface area contributed by atoms with Crippen LogP contribution in [0.15, 0.2) is 66.2 Å². The van der Waals surface area contributed by atoms with Crippen LogP contribution in [0.2, 0.25) is 0 Å². The van der Waals surface area contributed by atoms with Gasteiger partial charge >= 0.3 is 0 Å². The van der Waals surface area contributed by atoms with Crippen LogP contribution < -0.4 is 4.74 Å². The Hall–Kier alpha value is -3.32. The van der Waals surface area contributed by atoms with Crippen molar-refractivity contribution in [1.29, 1.82) is 0 Å². The molecule has 0 spiro atoms. The lowest BCUT2D eigenvalue weighted by Gasteiger charge is -2.36. The van der Waals surface area contributed by atoms with Crippen LogP contribution in [0.5, 0.6) is 5.75 Å². The normalized spacial score (nSPS) is 20.7. The Kier molecular flexibility index (Phi) is 6.05. The summed E-state index contributed by atoms with van der Waals surface area (Å²) in [5, 5.41) is 4.42. The fourth-order valence-electron chi connectivity index (χ4n) is 4.35. The second-order valence-corrected chi connectivity index (χ2v) is 9.70. The van der Waals surface area contributed by atoms with Crippen molar-refractivity contribution in [2.45, 2.75) is 32.4 Å². The Morgan fingerprint density at radius 2 is 1.94 bits per heavy atom. The van der Waals surface area contributed by atoms with Crippen molar-refractivity contribution in [1.82, 2.24) is 14.5 Å². The van der Waals surface area contributed by atoms with Gasteiger partial charge in [-0.1, -0.05) is 29.4 Å². The molecule has 182 valence electrons. The summed E-state index contributed by atoms with van der Waals surface area (Å²) in [6, 6.07) is 12.4. The Labute approximate surface area is 209 Å². The van der Waals surface area contributed by atoms with Gasteiger partial charge in [0.1, 0.15) is 11.6 Å². The average molecular weight is 495 g/mol. The molecule has 8 heteroatoms. The second kappa shape index (κ2) is 9.04. The molecule has 2 aromatic carbocycles. The van der Waals surface area contributed by atoms with E-state index in [0.29, 0.717) is 18.3 Å². The molecule has 2 aliphatic rings. The van der Waals surface area contributed by atoms with Crippen LogP contribution in [0.4, 0.5) is 4.39 Å². The molecule has 1 fully saturated rings. The average Bonchev–Trinajstić information content (AvgIpc) is 3.41. The van der Waals surface area contributed by atoms with Gasteiger partial charge in [-0.25, -0.2) is 9.37 Å². The molecule has 6 nitrogen and oxygen atoms in total. The number of aromatic nitrogens is 2. The van der Waals surface area contributed by atoms with E-state index in [0.717, 1.165) is 41.1 Å². The van der Waals surface area contributed by atoms with Crippen LogP contribution in [0.25, 0.3) is 11.8 Å². The van der Waals surface area contributed by atoms with Crippen molar-refractivity contribution in [3.8, 4) is 11.4 Å². The molecule has 35 heavy (non-hydrogen) atoms. The molecule has 0 amide bonds. The van der Waals surface area contributed by atoms with Crippen LogP contribution >= 0.6 is 11.6 Å². The number of benzene rings is 2. The standard InChI is InChI=1S/C27H28ClFN4O2/c1-19-15-32(18-30-19)23-10-4-20(14-24(23)34-3)5-11-25-31-35-26(2,21-6-8-22(29)9-7-21)33(25)17-27(16-28)12-13-27/h4-11,14-15,18H,12-13,16-17H2,1-3H3/b11-5+. The second-order valence-electron chi connectivity index (χ2n) is 9.44. The van der Waals surface area contributed by atoms with Crippen LogP contribution in [0, 0.1) is 18.2 Å². The van der Waals surface area contributed by atoms with E-state index in [1.54, 1.807) is 25.6 Å². The number of methoxy groups -OCH3 is 1. The minimum absolute atomic E-state index is 0.0406. The summed E-state index contributed by atoms with van der Waals surface area (Å²) in [5.74, 6) is 1.72. The molecule has 1 saturated carbocycles. The van der Waals surface area contributed by atoms with Crippen molar-refractivity contribution < 1.29 is 14.0 Å². The maximum Gasteiger partial charge on any atom is 0.234 e. The van der Waals surface area contributed by atoms with Gasteiger partial charge in [0.2, 0.25) is 5.72 Å². The predicted molar refractivity (Wildman–Crippen MR) is 135 cm³/mol. The maximum absolute atomic E-state index is 13.6.